The summed E-state index contributed by atoms with van der Waals surface area (Å²) in [6.45, 7) is 8.30. The largest absolute Gasteiger partial charge is 0.496 e. The van der Waals surface area contributed by atoms with Gasteiger partial charge >= 0.3 is 0 Å². The molecule has 0 aliphatic rings. The Labute approximate surface area is 121 Å². The number of para-hydroxylation sites is 1. The molecule has 2 aromatic carbocycles. The van der Waals surface area contributed by atoms with Crippen molar-refractivity contribution < 1.29 is 9.84 Å². The van der Waals surface area contributed by atoms with Gasteiger partial charge in [-0.3, -0.25) is 0 Å². The molecule has 1 unspecified atom stereocenters. The molecule has 0 saturated carbocycles. The molecule has 0 fully saturated rings. The standard InChI is InChI=1S/C18H22O2/c1-11-10-12(2)14(4)17(13(11)3)18(19)15-8-6-7-9-16(15)20-5/h6-10,18-19H,1-5H3. The van der Waals surface area contributed by atoms with E-state index in [0.29, 0.717) is 0 Å². The fourth-order valence-electron chi connectivity index (χ4n) is 2.71. The van der Waals surface area contributed by atoms with E-state index in [1.807, 2.05) is 24.3 Å². The van der Waals surface area contributed by atoms with Crippen molar-refractivity contribution >= 4 is 0 Å². The third-order valence-corrected chi connectivity index (χ3v) is 4.13. The molecule has 0 bridgehead atoms. The van der Waals surface area contributed by atoms with E-state index in [1.165, 1.54) is 11.1 Å². The Morgan fingerprint density at radius 2 is 1.50 bits per heavy atom. The molecule has 2 rings (SSSR count). The van der Waals surface area contributed by atoms with Crippen molar-refractivity contribution in [3.63, 3.8) is 0 Å². The second-order valence-corrected chi connectivity index (χ2v) is 5.32. The molecular formula is C18H22O2. The lowest BCUT2D eigenvalue weighted by Crippen LogP contribution is -2.08. The number of aliphatic hydroxyl groups excluding tert-OH is 1. The lowest BCUT2D eigenvalue weighted by atomic mass is 9.88. The Kier molecular flexibility index (Phi) is 4.15. The van der Waals surface area contributed by atoms with Crippen LogP contribution in [0.5, 0.6) is 5.75 Å². The molecule has 0 saturated heterocycles. The van der Waals surface area contributed by atoms with Crippen LogP contribution < -0.4 is 4.74 Å². The molecule has 0 amide bonds. The highest BCUT2D eigenvalue weighted by atomic mass is 16.5. The van der Waals surface area contributed by atoms with Gasteiger partial charge in [0.25, 0.3) is 0 Å². The highest BCUT2D eigenvalue weighted by Crippen LogP contribution is 2.35. The van der Waals surface area contributed by atoms with Crippen LogP contribution in [0, 0.1) is 27.7 Å². The number of aliphatic hydroxyl groups is 1. The number of rotatable bonds is 3. The Morgan fingerprint density at radius 1 is 0.950 bits per heavy atom. The van der Waals surface area contributed by atoms with Crippen molar-refractivity contribution in [3.8, 4) is 5.75 Å². The van der Waals surface area contributed by atoms with Gasteiger partial charge in [0.2, 0.25) is 0 Å². The fraction of sp³-hybridized carbons (Fsp3) is 0.333. The zero-order chi connectivity index (χ0) is 14.9. The van der Waals surface area contributed by atoms with Gasteiger partial charge in [-0.05, 0) is 61.6 Å². The van der Waals surface area contributed by atoms with Crippen molar-refractivity contribution in [1.82, 2.24) is 0 Å². The zero-order valence-electron chi connectivity index (χ0n) is 12.8. The minimum absolute atomic E-state index is 0.662. The Balaban J connectivity index is 2.62. The number of aryl methyl sites for hydroxylation is 2. The fourth-order valence-corrected chi connectivity index (χ4v) is 2.71. The topological polar surface area (TPSA) is 29.5 Å². The molecule has 1 atom stereocenters. The third-order valence-electron chi connectivity index (χ3n) is 4.13. The zero-order valence-corrected chi connectivity index (χ0v) is 12.8. The first kappa shape index (κ1) is 14.6. The Hall–Kier alpha value is -1.80. The summed E-state index contributed by atoms with van der Waals surface area (Å²) in [4.78, 5) is 0. The summed E-state index contributed by atoms with van der Waals surface area (Å²) in [5.41, 5.74) is 6.50. The molecular weight excluding hydrogens is 248 g/mol. The lowest BCUT2D eigenvalue weighted by molar-refractivity contribution is 0.213. The van der Waals surface area contributed by atoms with Gasteiger partial charge in [-0.15, -0.1) is 0 Å². The number of ether oxygens (including phenoxy) is 1. The molecule has 2 nitrogen and oxygen atoms in total. The van der Waals surface area contributed by atoms with Crippen LogP contribution in [-0.4, -0.2) is 12.2 Å². The average Bonchev–Trinajstić information content (AvgIpc) is 2.45. The SMILES string of the molecule is COc1ccccc1C(O)c1c(C)c(C)cc(C)c1C. The third kappa shape index (κ3) is 2.44. The van der Waals surface area contributed by atoms with Gasteiger partial charge in [0, 0.05) is 5.56 Å². The molecule has 0 spiro atoms. The maximum atomic E-state index is 10.8. The van der Waals surface area contributed by atoms with Crippen LogP contribution in [-0.2, 0) is 0 Å². The van der Waals surface area contributed by atoms with Crippen LogP contribution in [0.25, 0.3) is 0 Å². The van der Waals surface area contributed by atoms with E-state index in [-0.39, 0.29) is 0 Å². The molecule has 0 aromatic heterocycles. The van der Waals surface area contributed by atoms with Gasteiger partial charge in [-0.1, -0.05) is 24.3 Å². The Bertz CT molecular complexity index is 603. The maximum Gasteiger partial charge on any atom is 0.125 e. The first-order chi connectivity index (χ1) is 9.47. The average molecular weight is 270 g/mol. The van der Waals surface area contributed by atoms with Gasteiger partial charge < -0.3 is 9.84 Å². The summed E-state index contributed by atoms with van der Waals surface area (Å²) in [6, 6.07) is 9.81. The number of hydrogen-bond donors (Lipinski definition) is 1. The molecule has 20 heavy (non-hydrogen) atoms. The minimum Gasteiger partial charge on any atom is -0.496 e. The van der Waals surface area contributed by atoms with Crippen molar-refractivity contribution in [1.29, 1.82) is 0 Å². The lowest BCUT2D eigenvalue weighted by Gasteiger charge is -2.22. The summed E-state index contributed by atoms with van der Waals surface area (Å²) in [6.07, 6.45) is -0.662. The van der Waals surface area contributed by atoms with E-state index in [9.17, 15) is 5.11 Å². The molecule has 1 N–H and O–H groups in total. The number of hydrogen-bond acceptors (Lipinski definition) is 2. The summed E-state index contributed by atoms with van der Waals surface area (Å²) >= 11 is 0. The van der Waals surface area contributed by atoms with Crippen LogP contribution >= 0.6 is 0 Å². The normalized spacial score (nSPS) is 12.3. The first-order valence-electron chi connectivity index (χ1n) is 6.85. The monoisotopic (exact) mass is 270 g/mol. The van der Waals surface area contributed by atoms with Gasteiger partial charge in [-0.25, -0.2) is 0 Å². The summed E-state index contributed by atoms with van der Waals surface area (Å²) in [5.74, 6) is 0.720. The number of benzene rings is 2. The predicted molar refractivity (Wildman–Crippen MR) is 82.4 cm³/mol. The minimum atomic E-state index is -0.662. The van der Waals surface area contributed by atoms with E-state index in [2.05, 4.69) is 33.8 Å². The van der Waals surface area contributed by atoms with E-state index in [4.69, 9.17) is 4.74 Å². The summed E-state index contributed by atoms with van der Waals surface area (Å²) < 4.78 is 5.37. The summed E-state index contributed by atoms with van der Waals surface area (Å²) in [7, 11) is 1.63. The molecule has 0 aliphatic heterocycles. The maximum absolute atomic E-state index is 10.8. The second-order valence-electron chi connectivity index (χ2n) is 5.32. The van der Waals surface area contributed by atoms with E-state index >= 15 is 0 Å². The van der Waals surface area contributed by atoms with Gasteiger partial charge in [0.05, 0.1) is 7.11 Å². The van der Waals surface area contributed by atoms with Crippen molar-refractivity contribution in [2.75, 3.05) is 7.11 Å². The molecule has 0 heterocycles. The van der Waals surface area contributed by atoms with E-state index < -0.39 is 6.10 Å². The predicted octanol–water partition coefficient (Wildman–Crippen LogP) is 4.01. The van der Waals surface area contributed by atoms with Gasteiger partial charge in [0.1, 0.15) is 11.9 Å². The molecule has 2 heteroatoms. The first-order valence-corrected chi connectivity index (χ1v) is 6.85. The summed E-state index contributed by atoms with van der Waals surface area (Å²) in [5, 5.41) is 10.8. The van der Waals surface area contributed by atoms with Gasteiger partial charge in [0.15, 0.2) is 0 Å². The van der Waals surface area contributed by atoms with E-state index in [0.717, 1.165) is 28.0 Å². The van der Waals surface area contributed by atoms with Crippen molar-refractivity contribution in [2.24, 2.45) is 0 Å². The molecule has 0 aliphatic carbocycles. The Morgan fingerprint density at radius 3 is 2.05 bits per heavy atom. The quantitative estimate of drug-likeness (QED) is 0.913. The van der Waals surface area contributed by atoms with E-state index in [1.54, 1.807) is 7.11 Å². The van der Waals surface area contributed by atoms with Crippen LogP contribution in [0.3, 0.4) is 0 Å². The van der Waals surface area contributed by atoms with Gasteiger partial charge in [-0.2, -0.15) is 0 Å². The van der Waals surface area contributed by atoms with Crippen LogP contribution in [0.4, 0.5) is 0 Å². The molecule has 2 aromatic rings. The van der Waals surface area contributed by atoms with Crippen LogP contribution in [0.1, 0.15) is 39.5 Å². The van der Waals surface area contributed by atoms with Crippen LogP contribution in [0.2, 0.25) is 0 Å². The smallest absolute Gasteiger partial charge is 0.125 e. The number of methoxy groups -OCH3 is 1. The molecule has 0 radical (unpaired) electrons. The van der Waals surface area contributed by atoms with Crippen LogP contribution in [0.15, 0.2) is 30.3 Å². The second kappa shape index (κ2) is 5.68. The highest BCUT2D eigenvalue weighted by molar-refractivity contribution is 5.50. The van der Waals surface area contributed by atoms with Crippen molar-refractivity contribution in [3.05, 3.63) is 63.7 Å². The highest BCUT2D eigenvalue weighted by Gasteiger charge is 2.20. The van der Waals surface area contributed by atoms with Crippen molar-refractivity contribution in [2.45, 2.75) is 33.8 Å². The molecule has 106 valence electrons.